The van der Waals surface area contributed by atoms with Crippen LogP contribution in [0.15, 0.2) is 48.2 Å². The number of hydrogen-bond donors (Lipinski definition) is 2. The molecule has 0 spiro atoms. The third kappa shape index (κ3) is 4.17. The van der Waals surface area contributed by atoms with Gasteiger partial charge < -0.3 is 10.6 Å². The van der Waals surface area contributed by atoms with Crippen LogP contribution >= 0.6 is 0 Å². The number of nitrogens with one attached hydrogen (secondary N) is 2. The Kier molecular flexibility index (Phi) is 5.27. The van der Waals surface area contributed by atoms with Crippen molar-refractivity contribution >= 4 is 17.3 Å². The first-order valence-corrected chi connectivity index (χ1v) is 7.11. The molecular weight excluding hydrogens is 312 g/mol. The highest BCUT2D eigenvalue weighted by Gasteiger charge is 2.11. The van der Waals surface area contributed by atoms with Gasteiger partial charge in [-0.3, -0.25) is 4.79 Å². The first kappa shape index (κ1) is 17.2. The Balaban J connectivity index is 2.16. The monoisotopic (exact) mass is 327 g/mol. The van der Waals surface area contributed by atoms with Crippen LogP contribution in [-0.4, -0.2) is 5.91 Å². The summed E-state index contributed by atoms with van der Waals surface area (Å²) in [6.45, 7) is 3.76. The first-order chi connectivity index (χ1) is 11.4. The molecule has 0 aromatic heterocycles. The number of halogens is 2. The van der Waals surface area contributed by atoms with Gasteiger partial charge in [0, 0.05) is 18.0 Å². The van der Waals surface area contributed by atoms with Crippen LogP contribution in [0.4, 0.5) is 20.2 Å². The van der Waals surface area contributed by atoms with Gasteiger partial charge in [0.15, 0.2) is 0 Å². The molecule has 0 unspecified atom stereocenters. The van der Waals surface area contributed by atoms with Crippen LogP contribution in [0.5, 0.6) is 0 Å². The van der Waals surface area contributed by atoms with E-state index in [1.165, 1.54) is 0 Å². The third-order valence-corrected chi connectivity index (χ3v) is 3.30. The fraction of sp³-hybridized carbons (Fsp3) is 0.111. The number of rotatable bonds is 4. The van der Waals surface area contributed by atoms with Crippen LogP contribution in [-0.2, 0) is 4.79 Å². The van der Waals surface area contributed by atoms with Crippen LogP contribution in [0, 0.1) is 36.8 Å². The Morgan fingerprint density at radius 3 is 2.54 bits per heavy atom. The summed E-state index contributed by atoms with van der Waals surface area (Å²) in [4.78, 5) is 12.1. The number of hydrogen-bond acceptors (Lipinski definition) is 3. The zero-order chi connectivity index (χ0) is 17.7. The molecule has 2 aromatic carbocycles. The van der Waals surface area contributed by atoms with E-state index in [0.29, 0.717) is 5.69 Å². The highest BCUT2D eigenvalue weighted by molar-refractivity contribution is 6.07. The lowest BCUT2D eigenvalue weighted by molar-refractivity contribution is -0.112. The van der Waals surface area contributed by atoms with E-state index in [1.54, 1.807) is 12.1 Å². The second kappa shape index (κ2) is 7.38. The second-order valence-corrected chi connectivity index (χ2v) is 5.21. The van der Waals surface area contributed by atoms with Crippen molar-refractivity contribution in [1.82, 2.24) is 0 Å². The van der Waals surface area contributed by atoms with Crippen molar-refractivity contribution in [2.75, 3.05) is 10.6 Å². The summed E-state index contributed by atoms with van der Waals surface area (Å²) >= 11 is 0. The third-order valence-electron chi connectivity index (χ3n) is 3.30. The van der Waals surface area contributed by atoms with E-state index in [-0.39, 0.29) is 11.3 Å². The van der Waals surface area contributed by atoms with Gasteiger partial charge in [-0.15, -0.1) is 0 Å². The molecule has 0 aliphatic rings. The Morgan fingerprint density at radius 2 is 1.88 bits per heavy atom. The molecule has 0 atom stereocenters. The van der Waals surface area contributed by atoms with Gasteiger partial charge in [0.25, 0.3) is 5.91 Å². The van der Waals surface area contributed by atoms with E-state index >= 15 is 0 Å². The first-order valence-electron chi connectivity index (χ1n) is 7.11. The number of nitrogens with zero attached hydrogens (tertiary/aromatic N) is 1. The maximum absolute atomic E-state index is 13.5. The van der Waals surface area contributed by atoms with E-state index in [4.69, 9.17) is 5.26 Å². The molecule has 2 N–H and O–H groups in total. The number of anilines is 2. The predicted molar refractivity (Wildman–Crippen MR) is 88.2 cm³/mol. The molecule has 0 aliphatic heterocycles. The highest BCUT2D eigenvalue weighted by Crippen LogP contribution is 2.18. The fourth-order valence-corrected chi connectivity index (χ4v) is 2.05. The SMILES string of the molecule is Cc1ccc(NC(=O)/C(C#N)=C\Nc2cc(F)ccc2F)c(C)c1. The molecule has 0 saturated carbocycles. The van der Waals surface area contributed by atoms with Crippen LogP contribution in [0.2, 0.25) is 0 Å². The molecule has 1 amide bonds. The summed E-state index contributed by atoms with van der Waals surface area (Å²) in [5, 5.41) is 14.2. The topological polar surface area (TPSA) is 64.9 Å². The van der Waals surface area contributed by atoms with Crippen LogP contribution in [0.25, 0.3) is 0 Å². The molecular formula is C18H15F2N3O. The van der Waals surface area contributed by atoms with Gasteiger partial charge >= 0.3 is 0 Å². The molecule has 0 radical (unpaired) electrons. The number of aryl methyl sites for hydroxylation is 2. The van der Waals surface area contributed by atoms with Crippen LogP contribution < -0.4 is 10.6 Å². The maximum atomic E-state index is 13.5. The number of carbonyl (C=O) groups excluding carboxylic acids is 1. The summed E-state index contributed by atoms with van der Waals surface area (Å²) in [5.41, 5.74) is 2.04. The van der Waals surface area contributed by atoms with Crippen molar-refractivity contribution in [3.8, 4) is 6.07 Å². The van der Waals surface area contributed by atoms with Crippen molar-refractivity contribution in [3.63, 3.8) is 0 Å². The molecule has 2 aromatic rings. The molecule has 122 valence electrons. The molecule has 0 saturated heterocycles. The van der Waals surface area contributed by atoms with Crippen molar-refractivity contribution in [2.45, 2.75) is 13.8 Å². The largest absolute Gasteiger partial charge is 0.358 e. The van der Waals surface area contributed by atoms with Crippen LogP contribution in [0.1, 0.15) is 11.1 Å². The highest BCUT2D eigenvalue weighted by atomic mass is 19.1. The van der Waals surface area contributed by atoms with E-state index in [0.717, 1.165) is 35.5 Å². The van der Waals surface area contributed by atoms with Gasteiger partial charge in [0.1, 0.15) is 23.3 Å². The zero-order valence-corrected chi connectivity index (χ0v) is 13.2. The quantitative estimate of drug-likeness (QED) is 0.658. The van der Waals surface area contributed by atoms with E-state index in [9.17, 15) is 13.6 Å². The summed E-state index contributed by atoms with van der Waals surface area (Å²) < 4.78 is 26.6. The summed E-state index contributed by atoms with van der Waals surface area (Å²) in [7, 11) is 0. The predicted octanol–water partition coefficient (Wildman–Crippen LogP) is 4.04. The molecule has 2 rings (SSSR count). The lowest BCUT2D eigenvalue weighted by Crippen LogP contribution is -2.15. The molecule has 6 heteroatoms. The van der Waals surface area contributed by atoms with E-state index in [1.807, 2.05) is 26.0 Å². The second-order valence-electron chi connectivity index (χ2n) is 5.21. The van der Waals surface area contributed by atoms with Crippen molar-refractivity contribution in [1.29, 1.82) is 5.26 Å². The van der Waals surface area contributed by atoms with E-state index in [2.05, 4.69) is 10.6 Å². The number of benzene rings is 2. The summed E-state index contributed by atoms with van der Waals surface area (Å²) in [6.07, 6.45) is 1.04. The number of nitriles is 1. The average Bonchev–Trinajstić information content (AvgIpc) is 2.54. The Morgan fingerprint density at radius 1 is 1.12 bits per heavy atom. The molecule has 24 heavy (non-hydrogen) atoms. The van der Waals surface area contributed by atoms with Gasteiger partial charge in [-0.1, -0.05) is 17.7 Å². The average molecular weight is 327 g/mol. The Bertz CT molecular complexity index is 854. The van der Waals surface area contributed by atoms with Gasteiger partial charge in [0.2, 0.25) is 0 Å². The minimum Gasteiger partial charge on any atom is -0.358 e. The van der Waals surface area contributed by atoms with E-state index < -0.39 is 17.5 Å². The molecule has 0 bridgehead atoms. The van der Waals surface area contributed by atoms with Gasteiger partial charge in [-0.25, -0.2) is 8.78 Å². The fourth-order valence-electron chi connectivity index (χ4n) is 2.05. The van der Waals surface area contributed by atoms with Crippen molar-refractivity contribution in [3.05, 3.63) is 70.9 Å². The molecule has 0 aliphatic carbocycles. The lowest BCUT2D eigenvalue weighted by Gasteiger charge is -2.09. The van der Waals surface area contributed by atoms with Gasteiger partial charge in [-0.2, -0.15) is 5.26 Å². The Labute approximate surface area is 138 Å². The van der Waals surface area contributed by atoms with Crippen molar-refractivity contribution in [2.24, 2.45) is 0 Å². The number of carbonyl (C=O) groups is 1. The minimum absolute atomic E-state index is 0.165. The van der Waals surface area contributed by atoms with Crippen LogP contribution in [0.3, 0.4) is 0 Å². The van der Waals surface area contributed by atoms with Gasteiger partial charge in [-0.05, 0) is 37.6 Å². The zero-order valence-electron chi connectivity index (χ0n) is 13.2. The maximum Gasteiger partial charge on any atom is 0.267 e. The minimum atomic E-state index is -0.695. The Hall–Kier alpha value is -3.20. The molecule has 0 heterocycles. The van der Waals surface area contributed by atoms with Gasteiger partial charge in [0.05, 0.1) is 5.69 Å². The standard InChI is InChI=1S/C18H15F2N3O/c1-11-3-6-16(12(2)7-11)23-18(24)13(9-21)10-22-17-8-14(19)4-5-15(17)20/h3-8,10,22H,1-2H3,(H,23,24)/b13-10-. The summed E-state index contributed by atoms with van der Waals surface area (Å²) in [5.74, 6) is -1.97. The normalized spacial score (nSPS) is 10.9. The lowest BCUT2D eigenvalue weighted by atomic mass is 10.1. The number of amides is 1. The smallest absolute Gasteiger partial charge is 0.267 e. The summed E-state index contributed by atoms with van der Waals surface area (Å²) in [6, 6.07) is 10.0. The van der Waals surface area contributed by atoms with Crippen molar-refractivity contribution < 1.29 is 13.6 Å². The molecule has 0 fully saturated rings. The molecule has 4 nitrogen and oxygen atoms in total.